The summed E-state index contributed by atoms with van der Waals surface area (Å²) < 4.78 is 34.0. The Kier molecular flexibility index (Phi) is 29.7. The second-order valence-corrected chi connectivity index (χ2v) is 23.1. The zero-order chi connectivity index (χ0) is 45.7. The quantitative estimate of drug-likeness (QED) is 0.218. The van der Waals surface area contributed by atoms with Crippen molar-refractivity contribution in [2.45, 2.75) is 215 Å². The highest BCUT2D eigenvalue weighted by atomic mass is 16.7. The van der Waals surface area contributed by atoms with E-state index in [1.165, 1.54) is 51.4 Å². The van der Waals surface area contributed by atoms with Crippen LogP contribution in [0.4, 0.5) is 0 Å². The first-order valence-electron chi connectivity index (χ1n) is 25.7. The van der Waals surface area contributed by atoms with E-state index < -0.39 is 0 Å². The highest BCUT2D eigenvalue weighted by Gasteiger charge is 2.29. The zero-order valence-corrected chi connectivity index (χ0v) is 43.9. The van der Waals surface area contributed by atoms with Crippen LogP contribution >= 0.6 is 0 Å². The maximum Gasteiger partial charge on any atom is 0.159 e. The number of rotatable bonds is 10. The molecular formula is C54H108O6. The fraction of sp³-hybridized carbons (Fsp3) is 1.00. The van der Waals surface area contributed by atoms with E-state index >= 15 is 0 Å². The van der Waals surface area contributed by atoms with Crippen LogP contribution in [0.5, 0.6) is 0 Å². The molecule has 0 bridgehead atoms. The van der Waals surface area contributed by atoms with E-state index in [2.05, 4.69) is 138 Å². The van der Waals surface area contributed by atoms with Gasteiger partial charge in [-0.05, 0) is 122 Å². The van der Waals surface area contributed by atoms with Crippen molar-refractivity contribution in [2.75, 3.05) is 39.6 Å². The van der Waals surface area contributed by atoms with Crippen LogP contribution in [-0.2, 0) is 28.4 Å². The van der Waals surface area contributed by atoms with Gasteiger partial charge >= 0.3 is 0 Å². The van der Waals surface area contributed by atoms with E-state index in [4.69, 9.17) is 28.4 Å². The van der Waals surface area contributed by atoms with Crippen molar-refractivity contribution in [3.8, 4) is 0 Å². The Hall–Kier alpha value is -0.240. The minimum Gasteiger partial charge on any atom is -0.378 e. The maximum absolute atomic E-state index is 5.81. The Labute approximate surface area is 376 Å². The normalized spacial score (nSPS) is 31.5. The lowest BCUT2D eigenvalue weighted by molar-refractivity contribution is -0.224. The summed E-state index contributed by atoms with van der Waals surface area (Å²) in [6, 6.07) is 0. The van der Waals surface area contributed by atoms with Crippen molar-refractivity contribution in [3.63, 3.8) is 0 Å². The van der Waals surface area contributed by atoms with Gasteiger partial charge in [0.1, 0.15) is 0 Å². The van der Waals surface area contributed by atoms with Crippen LogP contribution in [0.1, 0.15) is 190 Å². The van der Waals surface area contributed by atoms with Gasteiger partial charge in [0.2, 0.25) is 0 Å². The predicted molar refractivity (Wildman–Crippen MR) is 257 cm³/mol. The molecule has 1 aliphatic carbocycles. The average molecular weight is 853 g/mol. The summed E-state index contributed by atoms with van der Waals surface area (Å²) in [7, 11) is 0. The van der Waals surface area contributed by atoms with Crippen LogP contribution in [0.2, 0.25) is 0 Å². The molecule has 0 radical (unpaired) electrons. The van der Waals surface area contributed by atoms with Gasteiger partial charge in [0.15, 0.2) is 12.6 Å². The molecule has 6 heteroatoms. The Morgan fingerprint density at radius 2 is 0.433 bits per heavy atom. The first-order valence-corrected chi connectivity index (χ1v) is 25.7. The van der Waals surface area contributed by atoms with Crippen molar-refractivity contribution in [1.29, 1.82) is 0 Å². The summed E-state index contributed by atoms with van der Waals surface area (Å²) in [4.78, 5) is 0. The molecule has 0 amide bonds. The highest BCUT2D eigenvalue weighted by Crippen LogP contribution is 2.36. The van der Waals surface area contributed by atoms with Crippen LogP contribution in [0.15, 0.2) is 0 Å². The lowest BCUT2D eigenvalue weighted by atomic mass is 9.73. The van der Waals surface area contributed by atoms with Crippen LogP contribution < -0.4 is 0 Å². The highest BCUT2D eigenvalue weighted by molar-refractivity contribution is 4.77. The zero-order valence-electron chi connectivity index (χ0n) is 43.9. The van der Waals surface area contributed by atoms with Crippen LogP contribution in [-0.4, -0.2) is 64.4 Å². The fourth-order valence-corrected chi connectivity index (χ4v) is 8.77. The van der Waals surface area contributed by atoms with Crippen molar-refractivity contribution in [1.82, 2.24) is 0 Å². The molecule has 4 saturated heterocycles. The van der Waals surface area contributed by atoms with Gasteiger partial charge in [-0.15, -0.1) is 0 Å². The molecule has 4 aliphatic heterocycles. The van der Waals surface area contributed by atoms with E-state index in [-0.39, 0.29) is 12.6 Å². The summed E-state index contributed by atoms with van der Waals surface area (Å²) in [6.45, 7) is 50.5. The summed E-state index contributed by atoms with van der Waals surface area (Å²) in [5.41, 5.74) is 0. The molecular weight excluding hydrogens is 745 g/mol. The summed E-state index contributed by atoms with van der Waals surface area (Å²) in [5.74, 6) is 11.9. The van der Waals surface area contributed by atoms with Crippen molar-refractivity contribution < 1.29 is 28.4 Å². The molecule has 5 fully saturated rings. The van der Waals surface area contributed by atoms with Gasteiger partial charge < -0.3 is 28.4 Å². The van der Waals surface area contributed by atoms with Crippen LogP contribution in [0.3, 0.4) is 0 Å². The molecule has 0 aromatic carbocycles. The predicted octanol–water partition coefficient (Wildman–Crippen LogP) is 14.9. The molecule has 0 spiro atoms. The number of ether oxygens (including phenoxy) is 6. The van der Waals surface area contributed by atoms with Crippen LogP contribution in [0, 0.1) is 94.7 Å². The topological polar surface area (TPSA) is 55.4 Å². The lowest BCUT2D eigenvalue weighted by Crippen LogP contribution is -2.37. The lowest BCUT2D eigenvalue weighted by Gasteiger charge is -2.33. The minimum absolute atomic E-state index is 0.0278. The number of hydrogen-bond donors (Lipinski definition) is 0. The van der Waals surface area contributed by atoms with Gasteiger partial charge in [-0.25, -0.2) is 0 Å². The number of hydrogen-bond acceptors (Lipinski definition) is 6. The Morgan fingerprint density at radius 3 is 0.600 bits per heavy atom. The molecule has 0 aromatic heterocycles. The third-order valence-corrected chi connectivity index (χ3v) is 14.6. The average Bonchev–Trinajstić information content (AvgIpc) is 3.21. The summed E-state index contributed by atoms with van der Waals surface area (Å²) in [5, 5.41) is 0. The minimum atomic E-state index is 0.0278. The monoisotopic (exact) mass is 853 g/mol. The molecule has 4 heterocycles. The fourth-order valence-electron chi connectivity index (χ4n) is 8.77. The molecule has 6 nitrogen and oxygen atoms in total. The summed E-state index contributed by atoms with van der Waals surface area (Å²) in [6.07, 6.45) is 12.3. The smallest absolute Gasteiger partial charge is 0.159 e. The van der Waals surface area contributed by atoms with Gasteiger partial charge in [0.05, 0.1) is 51.8 Å². The SMILES string of the molecule is CC(C)C1CCC(C(C)C)CC1.CC(C)C1CCC(C(C)C)OC1.CC(C)C1CCC(C(C)C)OC1.CC(C)C1COC(C(C)C)OC1.CC(C)C1COC(C(C)C)OC1. The van der Waals surface area contributed by atoms with Gasteiger partial charge in [0, 0.05) is 23.7 Å². The summed E-state index contributed by atoms with van der Waals surface area (Å²) >= 11 is 0. The third-order valence-electron chi connectivity index (χ3n) is 14.6. The first kappa shape index (κ1) is 57.8. The second kappa shape index (κ2) is 30.8. The largest absolute Gasteiger partial charge is 0.378 e. The molecule has 5 rings (SSSR count). The van der Waals surface area contributed by atoms with Gasteiger partial charge in [-0.3, -0.25) is 0 Å². The third kappa shape index (κ3) is 23.1. The van der Waals surface area contributed by atoms with Crippen LogP contribution in [0.25, 0.3) is 0 Å². The van der Waals surface area contributed by atoms with Gasteiger partial charge in [-0.1, -0.05) is 138 Å². The van der Waals surface area contributed by atoms with Crippen molar-refractivity contribution in [3.05, 3.63) is 0 Å². The molecule has 60 heavy (non-hydrogen) atoms. The Morgan fingerprint density at radius 1 is 0.217 bits per heavy atom. The molecule has 5 aliphatic rings. The van der Waals surface area contributed by atoms with E-state index in [1.54, 1.807) is 0 Å². The molecule has 0 aromatic rings. The first-order chi connectivity index (χ1) is 28.0. The second-order valence-electron chi connectivity index (χ2n) is 23.1. The van der Waals surface area contributed by atoms with Gasteiger partial charge in [-0.2, -0.15) is 0 Å². The van der Waals surface area contributed by atoms with E-state index in [0.717, 1.165) is 87.0 Å². The maximum atomic E-state index is 5.81. The van der Waals surface area contributed by atoms with Crippen molar-refractivity contribution in [2.24, 2.45) is 94.7 Å². The molecule has 4 atom stereocenters. The van der Waals surface area contributed by atoms with E-state index in [0.29, 0.717) is 59.6 Å². The molecule has 4 unspecified atom stereocenters. The molecule has 0 N–H and O–H groups in total. The Bertz CT molecular complexity index is 714. The molecule has 360 valence electrons. The van der Waals surface area contributed by atoms with Crippen molar-refractivity contribution >= 4 is 0 Å². The van der Waals surface area contributed by atoms with E-state index in [1.807, 2.05) is 0 Å². The standard InChI is InChI=1S/C12H24.2C11H22O.2C10H20O2/c1-9(2)11-5-7-12(8-6-11)10(3)4;2*1-8(2)10-5-6-11(9(3)4)12-7-10;2*1-7(2)9-5-11-10(8(3)4)12-6-9/h9-12H,5-8H2,1-4H3;2*8-11H,5-7H2,1-4H3;2*7-10H,5-6H2,1-4H3. The van der Waals surface area contributed by atoms with Gasteiger partial charge in [0.25, 0.3) is 0 Å². The molecule has 1 saturated carbocycles. The Balaban J connectivity index is 0.000000375. The van der Waals surface area contributed by atoms with E-state index in [9.17, 15) is 0 Å².